The number of nitrogens with one attached hydrogen (secondary N) is 1. The largest absolute Gasteiger partial charge is 0.466 e. The second-order valence-electron chi connectivity index (χ2n) is 21.0. The molecule has 1 amide bonds. The molecule has 0 aromatic heterocycles. The molecule has 0 aliphatic carbocycles. The summed E-state index contributed by atoms with van der Waals surface area (Å²) in [4.78, 5) is 24.4. The Labute approximate surface area is 419 Å². The fourth-order valence-corrected chi connectivity index (χ4v) is 9.64. The van der Waals surface area contributed by atoms with Crippen LogP contribution in [0.1, 0.15) is 341 Å². The lowest BCUT2D eigenvalue weighted by Crippen LogP contribution is -2.45. The van der Waals surface area contributed by atoms with Crippen LogP contribution in [0.3, 0.4) is 0 Å². The van der Waals surface area contributed by atoms with E-state index in [2.05, 4.69) is 19.2 Å². The van der Waals surface area contributed by atoms with E-state index in [9.17, 15) is 19.8 Å². The zero-order valence-corrected chi connectivity index (χ0v) is 45.4. The Morgan fingerprint density at radius 3 is 1.01 bits per heavy atom. The fraction of sp³-hybridized carbons (Fsp3) is 0.934. The van der Waals surface area contributed by atoms with Crippen LogP contribution in [-0.2, 0) is 14.3 Å². The van der Waals surface area contributed by atoms with Gasteiger partial charge in [-0.2, -0.15) is 0 Å². The van der Waals surface area contributed by atoms with Gasteiger partial charge < -0.3 is 20.3 Å². The fourth-order valence-electron chi connectivity index (χ4n) is 9.64. The van der Waals surface area contributed by atoms with Gasteiger partial charge in [0.1, 0.15) is 0 Å². The van der Waals surface area contributed by atoms with E-state index in [0.29, 0.717) is 19.4 Å². The molecule has 0 radical (unpaired) electrons. The molecule has 2 unspecified atom stereocenters. The first-order valence-corrected chi connectivity index (χ1v) is 30.5. The van der Waals surface area contributed by atoms with E-state index in [1.807, 2.05) is 6.08 Å². The molecule has 0 bridgehead atoms. The van der Waals surface area contributed by atoms with Crippen LogP contribution in [-0.4, -0.2) is 47.4 Å². The van der Waals surface area contributed by atoms with Crippen LogP contribution in [0.4, 0.5) is 0 Å². The lowest BCUT2D eigenvalue weighted by atomic mass is 10.0. The third-order valence-corrected chi connectivity index (χ3v) is 14.3. The number of rotatable bonds is 57. The van der Waals surface area contributed by atoms with Gasteiger partial charge in [0.15, 0.2) is 0 Å². The maximum atomic E-state index is 12.4. The molecule has 0 aromatic carbocycles. The molecule has 0 aliphatic heterocycles. The summed E-state index contributed by atoms with van der Waals surface area (Å²) in [5.74, 6) is -0.0460. The average molecular weight is 947 g/mol. The minimum atomic E-state index is -0.839. The lowest BCUT2D eigenvalue weighted by Gasteiger charge is -2.20. The third kappa shape index (κ3) is 53.8. The summed E-state index contributed by atoms with van der Waals surface area (Å²) in [6.07, 6.45) is 68.4. The number of carbonyl (C=O) groups excluding carboxylic acids is 2. The van der Waals surface area contributed by atoms with Gasteiger partial charge in [0.25, 0.3) is 0 Å². The Kier molecular flexibility index (Phi) is 56.0. The molecule has 2 atom stereocenters. The van der Waals surface area contributed by atoms with E-state index in [1.165, 1.54) is 276 Å². The topological polar surface area (TPSA) is 95.9 Å². The van der Waals surface area contributed by atoms with Gasteiger partial charge in [-0.05, 0) is 32.1 Å². The lowest BCUT2D eigenvalue weighted by molar-refractivity contribution is -0.143. The predicted molar refractivity (Wildman–Crippen MR) is 292 cm³/mol. The van der Waals surface area contributed by atoms with Crippen molar-refractivity contribution >= 4 is 11.9 Å². The first-order valence-electron chi connectivity index (χ1n) is 30.5. The Hall–Kier alpha value is -1.40. The van der Waals surface area contributed by atoms with Crippen molar-refractivity contribution in [2.75, 3.05) is 13.2 Å². The molecule has 6 heteroatoms. The van der Waals surface area contributed by atoms with Crippen LogP contribution >= 0.6 is 0 Å². The number of carbonyl (C=O) groups is 2. The van der Waals surface area contributed by atoms with E-state index in [0.717, 1.165) is 38.5 Å². The first kappa shape index (κ1) is 65.6. The van der Waals surface area contributed by atoms with Gasteiger partial charge in [-0.1, -0.05) is 309 Å². The standard InChI is InChI=1S/C61H119NO5/c1-3-5-7-9-11-13-14-31-35-39-43-47-51-55-61(66)67-56-52-48-44-40-36-33-30-28-26-24-22-20-18-16-15-17-19-21-23-25-27-29-32-34-38-42-46-50-54-60(65)62-58(57-63)59(64)53-49-45-41-37-12-10-8-6-4-2/h49,53,58-59,63-64H,3-48,50-52,54-57H2,1-2H3,(H,62,65)/b53-49+. The molecule has 0 spiro atoms. The zero-order valence-electron chi connectivity index (χ0n) is 45.4. The van der Waals surface area contributed by atoms with E-state index in [4.69, 9.17) is 4.74 Å². The van der Waals surface area contributed by atoms with Crippen LogP contribution < -0.4 is 5.32 Å². The SMILES string of the molecule is CCCCCCCCC/C=C/C(O)C(CO)NC(=O)CCCCCCCCCCCCCCCCCCCCCCCCCCCCCCOC(=O)CCCCCCCCCCCCCCC. The molecule has 0 fully saturated rings. The molecule has 67 heavy (non-hydrogen) atoms. The number of amides is 1. The van der Waals surface area contributed by atoms with Crippen LogP contribution in [0.2, 0.25) is 0 Å². The number of ether oxygens (including phenoxy) is 1. The highest BCUT2D eigenvalue weighted by Gasteiger charge is 2.18. The quantitative estimate of drug-likeness (QED) is 0.0321. The summed E-state index contributed by atoms with van der Waals surface area (Å²) in [5, 5.41) is 22.9. The maximum Gasteiger partial charge on any atom is 0.305 e. The number of aliphatic hydroxyl groups excluding tert-OH is 2. The summed E-state index contributed by atoms with van der Waals surface area (Å²) in [7, 11) is 0. The van der Waals surface area contributed by atoms with Gasteiger partial charge in [-0.15, -0.1) is 0 Å². The highest BCUT2D eigenvalue weighted by Crippen LogP contribution is 2.18. The van der Waals surface area contributed by atoms with Gasteiger partial charge in [0.05, 0.1) is 25.4 Å². The van der Waals surface area contributed by atoms with Crippen molar-refractivity contribution < 1.29 is 24.5 Å². The zero-order chi connectivity index (χ0) is 48.6. The molecule has 0 aromatic rings. The van der Waals surface area contributed by atoms with Gasteiger partial charge in [0.2, 0.25) is 5.91 Å². The van der Waals surface area contributed by atoms with Crippen molar-refractivity contribution in [2.24, 2.45) is 0 Å². The second-order valence-corrected chi connectivity index (χ2v) is 21.0. The van der Waals surface area contributed by atoms with Gasteiger partial charge in [0, 0.05) is 12.8 Å². The van der Waals surface area contributed by atoms with Crippen LogP contribution in [0, 0.1) is 0 Å². The van der Waals surface area contributed by atoms with Gasteiger partial charge in [-0.3, -0.25) is 9.59 Å². The summed E-state index contributed by atoms with van der Waals surface area (Å²) in [5.41, 5.74) is 0. The van der Waals surface area contributed by atoms with Crippen molar-refractivity contribution in [1.29, 1.82) is 0 Å². The minimum Gasteiger partial charge on any atom is -0.466 e. The van der Waals surface area contributed by atoms with Gasteiger partial charge >= 0.3 is 5.97 Å². The van der Waals surface area contributed by atoms with E-state index in [1.54, 1.807) is 6.08 Å². The highest BCUT2D eigenvalue weighted by molar-refractivity contribution is 5.76. The summed E-state index contributed by atoms with van der Waals surface area (Å²) >= 11 is 0. The van der Waals surface area contributed by atoms with Crippen LogP contribution in [0.15, 0.2) is 12.2 Å². The highest BCUT2D eigenvalue weighted by atomic mass is 16.5. The third-order valence-electron chi connectivity index (χ3n) is 14.3. The number of hydrogen-bond acceptors (Lipinski definition) is 5. The van der Waals surface area contributed by atoms with E-state index >= 15 is 0 Å². The molecule has 0 saturated heterocycles. The molecule has 0 rings (SSSR count). The van der Waals surface area contributed by atoms with Crippen LogP contribution in [0.25, 0.3) is 0 Å². The second kappa shape index (κ2) is 57.2. The van der Waals surface area contributed by atoms with E-state index in [-0.39, 0.29) is 18.5 Å². The average Bonchev–Trinajstić information content (AvgIpc) is 3.33. The number of allylic oxidation sites excluding steroid dienone is 1. The van der Waals surface area contributed by atoms with Crippen LogP contribution in [0.5, 0.6) is 0 Å². The van der Waals surface area contributed by atoms with E-state index < -0.39 is 12.1 Å². The first-order chi connectivity index (χ1) is 33.0. The van der Waals surface area contributed by atoms with Crippen molar-refractivity contribution in [1.82, 2.24) is 5.32 Å². The van der Waals surface area contributed by atoms with Crippen molar-refractivity contribution in [3.63, 3.8) is 0 Å². The molecule has 0 heterocycles. The van der Waals surface area contributed by atoms with Crippen molar-refractivity contribution in [3.05, 3.63) is 12.2 Å². The molecule has 0 saturated carbocycles. The number of aliphatic hydroxyl groups is 2. The Balaban J connectivity index is 3.31. The smallest absolute Gasteiger partial charge is 0.305 e. The molecule has 6 nitrogen and oxygen atoms in total. The monoisotopic (exact) mass is 946 g/mol. The molecule has 3 N–H and O–H groups in total. The van der Waals surface area contributed by atoms with Crippen molar-refractivity contribution in [2.45, 2.75) is 353 Å². The summed E-state index contributed by atoms with van der Waals surface area (Å²) < 4.78 is 5.48. The summed E-state index contributed by atoms with van der Waals surface area (Å²) in [6.45, 7) is 4.90. The Bertz CT molecular complexity index is 1000. The number of esters is 1. The molecular formula is C61H119NO5. The van der Waals surface area contributed by atoms with Crippen molar-refractivity contribution in [3.8, 4) is 0 Å². The number of hydrogen-bond donors (Lipinski definition) is 3. The normalized spacial score (nSPS) is 12.6. The minimum absolute atomic E-state index is 0.0202. The Morgan fingerprint density at radius 1 is 0.403 bits per heavy atom. The molecular weight excluding hydrogens is 827 g/mol. The van der Waals surface area contributed by atoms with Gasteiger partial charge in [-0.25, -0.2) is 0 Å². The molecule has 0 aliphatic rings. The summed E-state index contributed by atoms with van der Waals surface area (Å²) in [6, 6.07) is -0.622. The number of unbranched alkanes of at least 4 members (excludes halogenated alkanes) is 46. The Morgan fingerprint density at radius 2 is 0.687 bits per heavy atom. The molecule has 398 valence electrons. The predicted octanol–water partition coefficient (Wildman–Crippen LogP) is 18.9. The maximum absolute atomic E-state index is 12.4.